The van der Waals surface area contributed by atoms with Crippen LogP contribution < -0.4 is 9.62 Å². The Morgan fingerprint density at radius 2 is 1.88 bits per heavy atom. The van der Waals surface area contributed by atoms with Crippen LogP contribution in [0.15, 0.2) is 74.5 Å². The van der Waals surface area contributed by atoms with Crippen LogP contribution in [-0.4, -0.2) is 49.7 Å². The summed E-state index contributed by atoms with van der Waals surface area (Å²) in [5, 5.41) is 21.4. The van der Waals surface area contributed by atoms with E-state index in [9.17, 15) is 23.6 Å². The summed E-state index contributed by atoms with van der Waals surface area (Å²) in [5.41, 5.74) is 0.492. The highest BCUT2D eigenvalue weighted by Gasteiger charge is 2.37. The van der Waals surface area contributed by atoms with Gasteiger partial charge in [-0.25, -0.2) is 17.9 Å². The zero-order valence-electron chi connectivity index (χ0n) is 17.7. The quantitative estimate of drug-likeness (QED) is 0.391. The molecule has 0 aromatic heterocycles. The number of sulfonamides is 1. The van der Waals surface area contributed by atoms with Crippen LogP contribution in [0.5, 0.6) is 0 Å². The maximum absolute atomic E-state index is 13.0. The Balaban J connectivity index is 1.54. The number of nitriles is 1. The number of carbonyl (C=O) groups is 1. The lowest BCUT2D eigenvalue weighted by Gasteiger charge is -2.26. The Morgan fingerprint density at radius 1 is 1.15 bits per heavy atom. The number of benzene rings is 3. The zero-order valence-corrected chi connectivity index (χ0v) is 21.7. The molecular weight excluding hydrogens is 588 g/mol. The van der Waals surface area contributed by atoms with E-state index in [0.717, 1.165) is 10.8 Å². The lowest BCUT2D eigenvalue weighted by atomic mass is 10.1. The number of halogens is 2. The third-order valence-corrected chi connectivity index (χ3v) is 8.72. The lowest BCUT2D eigenvalue weighted by molar-refractivity contribution is 0.199. The molecule has 0 aliphatic carbocycles. The molecule has 0 unspecified atom stereocenters. The summed E-state index contributed by atoms with van der Waals surface area (Å²) in [6.07, 6.45) is 1.22. The summed E-state index contributed by atoms with van der Waals surface area (Å²) in [7, 11) is -3.87. The van der Waals surface area contributed by atoms with Crippen LogP contribution in [0.2, 0.25) is 0 Å². The van der Waals surface area contributed by atoms with Gasteiger partial charge in [0.1, 0.15) is 0 Å². The monoisotopic (exact) mass is 606 g/mol. The van der Waals surface area contributed by atoms with Crippen molar-refractivity contribution in [2.75, 3.05) is 18.0 Å². The van der Waals surface area contributed by atoms with Crippen LogP contribution >= 0.6 is 31.9 Å². The molecule has 11 heteroatoms. The predicted molar refractivity (Wildman–Crippen MR) is 136 cm³/mol. The van der Waals surface area contributed by atoms with Gasteiger partial charge in [-0.2, -0.15) is 5.26 Å². The van der Waals surface area contributed by atoms with Crippen molar-refractivity contribution in [3.63, 3.8) is 0 Å². The fourth-order valence-corrected chi connectivity index (χ4v) is 6.85. The molecule has 1 aliphatic rings. The number of hydrogen-bond acceptors (Lipinski definition) is 5. The number of anilines is 1. The lowest BCUT2D eigenvalue weighted by Crippen LogP contribution is -2.41. The van der Waals surface area contributed by atoms with Crippen LogP contribution in [0.4, 0.5) is 10.5 Å². The minimum Gasteiger partial charge on any atom is -0.465 e. The average molecular weight is 608 g/mol. The average Bonchev–Trinajstić information content (AvgIpc) is 3.19. The summed E-state index contributed by atoms with van der Waals surface area (Å²) in [6, 6.07) is 16.8. The number of hydrogen-bond donors (Lipinski definition) is 2. The van der Waals surface area contributed by atoms with Gasteiger partial charge in [-0.1, -0.05) is 46.3 Å². The van der Waals surface area contributed by atoms with Crippen molar-refractivity contribution in [3.8, 4) is 6.19 Å². The number of nitrogens with one attached hydrogen (secondary N) is 1. The number of fused-ring (bicyclic) bond motifs is 1. The van der Waals surface area contributed by atoms with Gasteiger partial charge in [0, 0.05) is 27.2 Å². The van der Waals surface area contributed by atoms with Crippen molar-refractivity contribution < 1.29 is 18.3 Å². The molecule has 4 rings (SSSR count). The van der Waals surface area contributed by atoms with Crippen LogP contribution in [0.3, 0.4) is 0 Å². The van der Waals surface area contributed by atoms with E-state index in [1.54, 1.807) is 24.3 Å². The number of rotatable bonds is 6. The Labute approximate surface area is 214 Å². The van der Waals surface area contributed by atoms with Crippen LogP contribution in [-0.2, 0) is 10.0 Å². The Kier molecular flexibility index (Phi) is 7.14. The summed E-state index contributed by atoms with van der Waals surface area (Å²) >= 11 is 6.55. The highest BCUT2D eigenvalue weighted by Crippen LogP contribution is 2.28. The third-order valence-electron chi connectivity index (χ3n) is 5.72. The first-order valence-electron chi connectivity index (χ1n) is 10.3. The van der Waals surface area contributed by atoms with Crippen molar-refractivity contribution in [3.05, 3.63) is 69.6 Å². The summed E-state index contributed by atoms with van der Waals surface area (Å²) < 4.78 is 29.6. The molecule has 1 fully saturated rings. The number of amides is 1. The summed E-state index contributed by atoms with van der Waals surface area (Å²) in [6.45, 7) is 0.178. The highest BCUT2D eigenvalue weighted by atomic mass is 79.9. The molecule has 1 aliphatic heterocycles. The summed E-state index contributed by atoms with van der Waals surface area (Å²) in [5.74, 6) is 0. The molecule has 2 N–H and O–H groups in total. The summed E-state index contributed by atoms with van der Waals surface area (Å²) in [4.78, 5) is 14.8. The molecule has 34 heavy (non-hydrogen) atoms. The van der Waals surface area contributed by atoms with E-state index in [1.807, 2.05) is 30.3 Å². The largest absolute Gasteiger partial charge is 0.465 e. The first-order valence-corrected chi connectivity index (χ1v) is 13.4. The highest BCUT2D eigenvalue weighted by molar-refractivity contribution is 9.11. The van der Waals surface area contributed by atoms with Crippen molar-refractivity contribution >= 4 is 64.4 Å². The predicted octanol–water partition coefficient (Wildman–Crippen LogP) is 4.75. The van der Waals surface area contributed by atoms with E-state index in [1.165, 1.54) is 15.9 Å². The van der Waals surface area contributed by atoms with Crippen LogP contribution in [0, 0.1) is 11.5 Å². The molecule has 3 aromatic carbocycles. The first kappa shape index (κ1) is 24.5. The molecule has 176 valence electrons. The molecular formula is C23H20Br2N4O4S. The molecule has 0 saturated carbocycles. The molecule has 2 atom stereocenters. The Morgan fingerprint density at radius 3 is 2.59 bits per heavy atom. The normalized spacial score (nSPS) is 18.1. The Hall–Kier alpha value is -2.65. The molecule has 0 radical (unpaired) electrons. The SMILES string of the molecule is N#CN1C[C@H](NS(=O)(=O)c2cc(Br)ccc2Br)C[C@@H]1CN(C(=O)O)c1ccc2ccccc2c1. The first-order chi connectivity index (χ1) is 16.2. The molecule has 1 amide bonds. The maximum atomic E-state index is 13.0. The van der Waals surface area contributed by atoms with Gasteiger partial charge >= 0.3 is 6.09 Å². The number of likely N-dealkylation sites (tertiary alicyclic amines) is 1. The topological polar surface area (TPSA) is 114 Å². The molecule has 3 aromatic rings. The zero-order chi connectivity index (χ0) is 24.5. The second-order valence-corrected chi connectivity index (χ2v) is 11.4. The van der Waals surface area contributed by atoms with Gasteiger partial charge in [-0.05, 0) is 63.5 Å². The van der Waals surface area contributed by atoms with Gasteiger partial charge in [0.2, 0.25) is 10.0 Å². The van der Waals surface area contributed by atoms with Gasteiger partial charge < -0.3 is 10.0 Å². The van der Waals surface area contributed by atoms with E-state index in [4.69, 9.17) is 0 Å². The number of nitrogens with zero attached hydrogens (tertiary/aromatic N) is 3. The molecule has 1 heterocycles. The van der Waals surface area contributed by atoms with Gasteiger partial charge in [0.05, 0.1) is 17.5 Å². The van der Waals surface area contributed by atoms with E-state index in [-0.39, 0.29) is 24.4 Å². The second kappa shape index (κ2) is 9.92. The van der Waals surface area contributed by atoms with Gasteiger partial charge in [0.25, 0.3) is 0 Å². The van der Waals surface area contributed by atoms with E-state index in [2.05, 4.69) is 42.8 Å². The second-order valence-electron chi connectivity index (χ2n) is 7.96. The fraction of sp³-hybridized carbons (Fsp3) is 0.217. The van der Waals surface area contributed by atoms with Crippen molar-refractivity contribution in [2.24, 2.45) is 0 Å². The molecule has 0 spiro atoms. The van der Waals surface area contributed by atoms with Crippen molar-refractivity contribution in [2.45, 2.75) is 23.4 Å². The van der Waals surface area contributed by atoms with Gasteiger partial charge in [0.15, 0.2) is 6.19 Å². The third kappa shape index (κ3) is 5.20. The molecule has 0 bridgehead atoms. The minimum absolute atomic E-state index is 0.0278. The van der Waals surface area contributed by atoms with Crippen molar-refractivity contribution in [1.29, 1.82) is 5.26 Å². The van der Waals surface area contributed by atoms with Gasteiger partial charge in [-0.3, -0.25) is 4.90 Å². The van der Waals surface area contributed by atoms with E-state index in [0.29, 0.717) is 14.6 Å². The minimum atomic E-state index is -3.87. The fourth-order valence-electron chi connectivity index (χ4n) is 4.11. The molecule has 1 saturated heterocycles. The molecule has 8 nitrogen and oxygen atoms in total. The number of carboxylic acid groups (broad SMARTS) is 1. The Bertz CT molecular complexity index is 1390. The van der Waals surface area contributed by atoms with Crippen molar-refractivity contribution in [1.82, 2.24) is 9.62 Å². The van der Waals surface area contributed by atoms with Gasteiger partial charge in [-0.15, -0.1) is 0 Å². The smallest absolute Gasteiger partial charge is 0.411 e. The van der Waals surface area contributed by atoms with E-state index >= 15 is 0 Å². The van der Waals surface area contributed by atoms with Crippen LogP contribution in [0.25, 0.3) is 10.8 Å². The standard InChI is InChI=1S/C23H20Br2N4O4S/c24-17-6-8-21(25)22(10-17)34(32,33)27-18-11-20(28(12-18)14-26)13-29(23(30)31)19-7-5-15-3-1-2-4-16(15)9-19/h1-10,18,20,27H,11-13H2,(H,30,31)/t18-,20-/m1/s1. The maximum Gasteiger partial charge on any atom is 0.411 e. The van der Waals surface area contributed by atoms with Crippen LogP contribution in [0.1, 0.15) is 6.42 Å². The van der Waals surface area contributed by atoms with E-state index < -0.39 is 28.2 Å².